The van der Waals surface area contributed by atoms with Crippen LogP contribution < -0.4 is 16.2 Å². The molecule has 0 saturated carbocycles. The average molecular weight is 286 g/mol. The fourth-order valence-electron chi connectivity index (χ4n) is 2.05. The van der Waals surface area contributed by atoms with Crippen molar-refractivity contribution in [2.24, 2.45) is 5.84 Å². The number of nitrogens with one attached hydrogen (secondary N) is 1. The summed E-state index contributed by atoms with van der Waals surface area (Å²) in [4.78, 5) is 15.1. The van der Waals surface area contributed by atoms with E-state index in [9.17, 15) is 0 Å². The highest BCUT2D eigenvalue weighted by atomic mass is 15.3. The third-order valence-corrected chi connectivity index (χ3v) is 3.26. The number of hydrogen-bond acceptors (Lipinski definition) is 6. The average Bonchev–Trinajstić information content (AvgIpc) is 2.53. The number of nitrogens with two attached hydrogens (primary N) is 1. The minimum atomic E-state index is 0.652. The number of anilines is 2. The first-order chi connectivity index (χ1) is 10.2. The number of aromatic nitrogens is 3. The first-order valence-corrected chi connectivity index (χ1v) is 7.17. The van der Waals surface area contributed by atoms with Crippen LogP contribution >= 0.6 is 0 Å². The zero-order valence-electron chi connectivity index (χ0n) is 12.6. The highest BCUT2D eigenvalue weighted by Crippen LogP contribution is 2.15. The zero-order valence-corrected chi connectivity index (χ0v) is 12.6. The fourth-order valence-corrected chi connectivity index (χ4v) is 2.05. The Kier molecular flexibility index (Phi) is 5.45. The Labute approximate surface area is 125 Å². The first kappa shape index (κ1) is 15.2. The van der Waals surface area contributed by atoms with Gasteiger partial charge in [0.25, 0.3) is 0 Å². The quantitative estimate of drug-likeness (QED) is 0.596. The maximum absolute atomic E-state index is 5.48. The normalized spacial score (nSPS) is 10.4. The molecule has 0 bridgehead atoms. The lowest BCUT2D eigenvalue weighted by Crippen LogP contribution is -2.23. The summed E-state index contributed by atoms with van der Waals surface area (Å²) in [6.45, 7) is 2.98. The van der Waals surface area contributed by atoms with E-state index < -0.39 is 0 Å². The number of nitrogens with zero attached hydrogens (tertiary/aromatic N) is 4. The molecule has 0 fully saturated rings. The van der Waals surface area contributed by atoms with Crippen molar-refractivity contribution in [1.82, 2.24) is 15.0 Å². The van der Waals surface area contributed by atoms with Crippen molar-refractivity contribution >= 4 is 11.6 Å². The van der Waals surface area contributed by atoms with Gasteiger partial charge >= 0.3 is 0 Å². The molecule has 0 unspecified atom stereocenters. The zero-order chi connectivity index (χ0) is 15.1. The Hall–Kier alpha value is -2.21. The number of pyridine rings is 1. The maximum Gasteiger partial charge on any atom is 0.145 e. The van der Waals surface area contributed by atoms with Crippen molar-refractivity contribution in [3.8, 4) is 0 Å². The molecule has 2 aromatic rings. The van der Waals surface area contributed by atoms with E-state index in [1.54, 1.807) is 0 Å². The van der Waals surface area contributed by atoms with E-state index in [0.717, 1.165) is 37.4 Å². The number of hydrogen-bond donors (Lipinski definition) is 2. The SMILES string of the molecule is CCCc1nc(NN)cc(N(C)CCc2ccncc2)n1. The molecular weight excluding hydrogens is 264 g/mol. The first-order valence-electron chi connectivity index (χ1n) is 7.17. The van der Waals surface area contributed by atoms with Crippen LogP contribution in [0.5, 0.6) is 0 Å². The summed E-state index contributed by atoms with van der Waals surface area (Å²) in [5, 5.41) is 0. The van der Waals surface area contributed by atoms with Gasteiger partial charge in [-0.3, -0.25) is 4.98 Å². The Morgan fingerprint density at radius 2 is 1.95 bits per heavy atom. The lowest BCUT2D eigenvalue weighted by Gasteiger charge is -2.19. The molecule has 0 aliphatic carbocycles. The van der Waals surface area contributed by atoms with Crippen molar-refractivity contribution in [2.75, 3.05) is 23.9 Å². The van der Waals surface area contributed by atoms with E-state index >= 15 is 0 Å². The van der Waals surface area contributed by atoms with Crippen molar-refractivity contribution in [3.63, 3.8) is 0 Å². The lowest BCUT2D eigenvalue weighted by molar-refractivity contribution is 0.805. The van der Waals surface area contributed by atoms with Gasteiger partial charge < -0.3 is 10.3 Å². The number of aryl methyl sites for hydroxylation is 1. The fraction of sp³-hybridized carbons (Fsp3) is 0.400. The molecule has 0 saturated heterocycles. The van der Waals surface area contributed by atoms with Crippen molar-refractivity contribution in [3.05, 3.63) is 42.0 Å². The van der Waals surface area contributed by atoms with Gasteiger partial charge in [0.1, 0.15) is 17.5 Å². The molecule has 2 heterocycles. The Bertz CT molecular complexity index is 557. The smallest absolute Gasteiger partial charge is 0.145 e. The second kappa shape index (κ2) is 7.54. The van der Waals surface area contributed by atoms with Crippen LogP contribution in [0.2, 0.25) is 0 Å². The molecule has 0 amide bonds. The van der Waals surface area contributed by atoms with Crippen LogP contribution in [0.4, 0.5) is 11.6 Å². The molecule has 0 atom stereocenters. The van der Waals surface area contributed by atoms with E-state index in [1.165, 1.54) is 5.56 Å². The van der Waals surface area contributed by atoms with Crippen LogP contribution in [-0.2, 0) is 12.8 Å². The van der Waals surface area contributed by atoms with Gasteiger partial charge in [-0.25, -0.2) is 15.8 Å². The summed E-state index contributed by atoms with van der Waals surface area (Å²) < 4.78 is 0. The molecule has 0 aliphatic heterocycles. The largest absolute Gasteiger partial charge is 0.359 e. The van der Waals surface area contributed by atoms with Gasteiger partial charge in [-0.1, -0.05) is 6.92 Å². The predicted octanol–water partition coefficient (Wildman–Crippen LogP) is 1.79. The number of nitrogen functional groups attached to an aromatic ring is 1. The van der Waals surface area contributed by atoms with Gasteiger partial charge in [0, 0.05) is 38.5 Å². The van der Waals surface area contributed by atoms with Gasteiger partial charge in [0.15, 0.2) is 0 Å². The molecule has 21 heavy (non-hydrogen) atoms. The summed E-state index contributed by atoms with van der Waals surface area (Å²) in [5.74, 6) is 7.84. The molecule has 3 N–H and O–H groups in total. The van der Waals surface area contributed by atoms with E-state index in [0.29, 0.717) is 5.82 Å². The van der Waals surface area contributed by atoms with Gasteiger partial charge in [-0.2, -0.15) is 0 Å². The molecule has 6 heteroatoms. The van der Waals surface area contributed by atoms with Crippen LogP contribution in [0.25, 0.3) is 0 Å². The highest BCUT2D eigenvalue weighted by molar-refractivity contribution is 5.48. The predicted molar refractivity (Wildman–Crippen MR) is 85.0 cm³/mol. The van der Waals surface area contributed by atoms with Gasteiger partial charge in [0.2, 0.25) is 0 Å². The minimum Gasteiger partial charge on any atom is -0.359 e. The summed E-state index contributed by atoms with van der Waals surface area (Å²) in [7, 11) is 2.03. The minimum absolute atomic E-state index is 0.652. The van der Waals surface area contributed by atoms with Gasteiger partial charge in [-0.05, 0) is 30.5 Å². The highest BCUT2D eigenvalue weighted by Gasteiger charge is 2.08. The molecule has 112 valence electrons. The van der Waals surface area contributed by atoms with E-state index in [2.05, 4.69) is 32.2 Å². The number of likely N-dealkylation sites (N-methyl/N-ethyl adjacent to an activating group) is 1. The van der Waals surface area contributed by atoms with Crippen molar-refractivity contribution in [1.29, 1.82) is 0 Å². The second-order valence-electron chi connectivity index (χ2n) is 4.95. The van der Waals surface area contributed by atoms with Crippen LogP contribution in [0, 0.1) is 0 Å². The van der Waals surface area contributed by atoms with Gasteiger partial charge in [-0.15, -0.1) is 0 Å². The van der Waals surface area contributed by atoms with E-state index in [4.69, 9.17) is 5.84 Å². The molecule has 0 aliphatic rings. The monoisotopic (exact) mass is 286 g/mol. The second-order valence-corrected chi connectivity index (χ2v) is 4.95. The lowest BCUT2D eigenvalue weighted by atomic mass is 10.2. The molecule has 2 rings (SSSR count). The van der Waals surface area contributed by atoms with Crippen molar-refractivity contribution in [2.45, 2.75) is 26.2 Å². The summed E-state index contributed by atoms with van der Waals surface area (Å²) in [6.07, 6.45) is 6.43. The molecular formula is C15H22N6. The Morgan fingerprint density at radius 3 is 2.62 bits per heavy atom. The standard InChI is InChI=1S/C15H22N6/c1-3-4-13-18-14(20-16)11-15(19-13)21(2)10-7-12-5-8-17-9-6-12/h5-6,8-9,11H,3-4,7,10,16H2,1-2H3,(H,18,19,20). The van der Waals surface area contributed by atoms with Gasteiger partial charge in [0.05, 0.1) is 0 Å². The van der Waals surface area contributed by atoms with Crippen molar-refractivity contribution < 1.29 is 0 Å². The van der Waals surface area contributed by atoms with Crippen LogP contribution in [-0.4, -0.2) is 28.5 Å². The third-order valence-electron chi connectivity index (χ3n) is 3.26. The summed E-state index contributed by atoms with van der Waals surface area (Å²) in [5.41, 5.74) is 3.87. The number of rotatable bonds is 7. The van der Waals surface area contributed by atoms with Crippen LogP contribution in [0.15, 0.2) is 30.6 Å². The molecule has 0 spiro atoms. The Balaban J connectivity index is 2.07. The topological polar surface area (TPSA) is 80.0 Å². The maximum atomic E-state index is 5.48. The molecule has 0 radical (unpaired) electrons. The molecule has 0 aromatic carbocycles. The van der Waals surface area contributed by atoms with E-state index in [-0.39, 0.29) is 0 Å². The van der Waals surface area contributed by atoms with Crippen LogP contribution in [0.3, 0.4) is 0 Å². The summed E-state index contributed by atoms with van der Waals surface area (Å²) in [6, 6.07) is 5.93. The summed E-state index contributed by atoms with van der Waals surface area (Å²) >= 11 is 0. The molecule has 6 nitrogen and oxygen atoms in total. The number of hydrazine groups is 1. The van der Waals surface area contributed by atoms with Crippen LogP contribution in [0.1, 0.15) is 24.7 Å². The molecule has 2 aromatic heterocycles. The van der Waals surface area contributed by atoms with E-state index in [1.807, 2.05) is 37.6 Å². The third kappa shape index (κ3) is 4.39. The Morgan fingerprint density at radius 1 is 1.19 bits per heavy atom.